The Labute approximate surface area is 290 Å². The molecule has 1 aliphatic heterocycles. The number of nitrogens with zero attached hydrogens (tertiary/aromatic N) is 5. The molecule has 0 bridgehead atoms. The van der Waals surface area contributed by atoms with Gasteiger partial charge < -0.3 is 48.4 Å². The molecule has 0 saturated carbocycles. The Morgan fingerprint density at radius 1 is 0.841 bits per heavy atom. The van der Waals surface area contributed by atoms with E-state index >= 15 is 0 Å². The number of anilines is 3. The van der Waals surface area contributed by atoms with Gasteiger partial charge >= 0.3 is 21.1 Å². The summed E-state index contributed by atoms with van der Waals surface area (Å²) in [7, 11) is 2.01. The van der Waals surface area contributed by atoms with Crippen molar-refractivity contribution >= 4 is 17.1 Å². The van der Waals surface area contributed by atoms with Crippen molar-refractivity contribution in [3.05, 3.63) is 147 Å². The molecule has 0 aliphatic carbocycles. The minimum absolute atomic E-state index is 0. The molecule has 0 atom stereocenters. The Kier molecular flexibility index (Phi) is 12.4. The van der Waals surface area contributed by atoms with Gasteiger partial charge in [0.25, 0.3) is 0 Å². The van der Waals surface area contributed by atoms with Gasteiger partial charge in [-0.2, -0.15) is 48.8 Å². The van der Waals surface area contributed by atoms with Crippen LogP contribution in [-0.4, -0.2) is 27.0 Å². The molecular formula is C37H30N5Pt2-3. The first-order valence-electron chi connectivity index (χ1n) is 13.5. The van der Waals surface area contributed by atoms with Crippen LogP contribution in [0.4, 0.5) is 17.1 Å². The van der Waals surface area contributed by atoms with Crippen LogP contribution in [0, 0.1) is 49.5 Å². The third-order valence-corrected chi connectivity index (χ3v) is 6.35. The molecule has 1 aliphatic rings. The second kappa shape index (κ2) is 15.8. The molecule has 44 heavy (non-hydrogen) atoms. The van der Waals surface area contributed by atoms with Gasteiger partial charge in [-0.3, -0.25) is 6.07 Å². The molecule has 0 fully saturated rings. The van der Waals surface area contributed by atoms with E-state index < -0.39 is 0 Å². The Morgan fingerprint density at radius 3 is 2.25 bits per heavy atom. The van der Waals surface area contributed by atoms with Crippen molar-refractivity contribution in [2.24, 2.45) is 0 Å². The van der Waals surface area contributed by atoms with Gasteiger partial charge in [0.15, 0.2) is 0 Å². The van der Waals surface area contributed by atoms with E-state index in [-0.39, 0.29) is 47.7 Å². The number of rotatable bonds is 5. The molecule has 2 aromatic heterocycles. The molecule has 0 N–H and O–H groups in total. The maximum Gasteiger partial charge on any atom is 4.00 e. The maximum atomic E-state index is 6.57. The molecule has 3 heterocycles. The van der Waals surface area contributed by atoms with Crippen molar-refractivity contribution in [2.75, 3.05) is 16.8 Å². The van der Waals surface area contributed by atoms with Gasteiger partial charge in [0, 0.05) is 39.0 Å². The van der Waals surface area contributed by atoms with Gasteiger partial charge in [0.05, 0.1) is 0 Å². The number of hydrogen-bond donors (Lipinski definition) is 0. The average molecular weight is 935 g/mol. The van der Waals surface area contributed by atoms with E-state index in [9.17, 15) is 0 Å². The van der Waals surface area contributed by atoms with E-state index in [1.54, 1.807) is 23.2 Å². The Balaban J connectivity index is 0.000000520. The first-order chi connectivity index (χ1) is 20.3. The van der Waals surface area contributed by atoms with Crippen LogP contribution in [0.15, 0.2) is 104 Å². The Hall–Kier alpha value is -3.83. The van der Waals surface area contributed by atoms with Gasteiger partial charge in [-0.25, -0.2) is 29.3 Å². The van der Waals surface area contributed by atoms with E-state index in [1.165, 1.54) is 0 Å². The van der Waals surface area contributed by atoms with Crippen molar-refractivity contribution < 1.29 is 42.1 Å². The van der Waals surface area contributed by atoms with E-state index in [4.69, 9.17) is 6.42 Å². The van der Waals surface area contributed by atoms with Gasteiger partial charge in [0.1, 0.15) is 0 Å². The smallest absolute Gasteiger partial charge is 0.669 e. The second-order valence-corrected chi connectivity index (χ2v) is 10.6. The predicted octanol–water partition coefficient (Wildman–Crippen LogP) is 7.57. The zero-order chi connectivity index (χ0) is 29.5. The van der Waals surface area contributed by atoms with E-state index in [1.807, 2.05) is 85.6 Å². The fraction of sp³-hybridized carbons (Fsp3) is 0.135. The second-order valence-electron chi connectivity index (χ2n) is 10.6. The third-order valence-electron chi connectivity index (χ3n) is 6.35. The van der Waals surface area contributed by atoms with Gasteiger partial charge in [-0.1, -0.05) is 5.69 Å². The summed E-state index contributed by atoms with van der Waals surface area (Å²) in [6.45, 7) is 8.58. The van der Waals surface area contributed by atoms with Crippen molar-refractivity contribution in [1.29, 1.82) is 0 Å². The van der Waals surface area contributed by atoms with Crippen molar-refractivity contribution in [1.82, 2.24) is 14.5 Å². The SMILES string of the molecule is CN1C=CN(c2[c-]c(N(c3[c-]c(-c4[c-]c(-c5[c-]cccc5)ccn4)[c-]cc3)C(C)(C)C)ccc2)[CH-]1.[C-]#Cn1cccc1.[Pt+4].[Pt]. The van der Waals surface area contributed by atoms with E-state index in [2.05, 4.69) is 90.1 Å². The first-order valence-corrected chi connectivity index (χ1v) is 13.5. The normalized spacial score (nSPS) is 11.9. The Morgan fingerprint density at radius 2 is 1.61 bits per heavy atom. The van der Waals surface area contributed by atoms with Gasteiger partial charge in [0.2, 0.25) is 0 Å². The summed E-state index contributed by atoms with van der Waals surface area (Å²) in [5, 5.41) is 0. The molecular weight excluding hydrogens is 905 g/mol. The molecule has 6 rings (SSSR count). The summed E-state index contributed by atoms with van der Waals surface area (Å²) in [6, 6.07) is 43.0. The largest absolute Gasteiger partial charge is 4.00 e. The van der Waals surface area contributed by atoms with Gasteiger partial charge in [-0.05, 0) is 58.5 Å². The maximum absolute atomic E-state index is 6.57. The van der Waals surface area contributed by atoms with Crippen molar-refractivity contribution in [3.8, 4) is 28.4 Å². The van der Waals surface area contributed by atoms with Gasteiger partial charge in [-0.15, -0.1) is 35.6 Å². The zero-order valence-electron chi connectivity index (χ0n) is 24.8. The molecule has 0 spiro atoms. The molecule has 226 valence electrons. The molecule has 5 aromatic rings. The Bertz CT molecular complexity index is 1690. The quantitative estimate of drug-likeness (QED) is 0.134. The summed E-state index contributed by atoms with van der Waals surface area (Å²) >= 11 is 0. The fourth-order valence-electron chi connectivity index (χ4n) is 4.48. The van der Waals surface area contributed by atoms with Crippen LogP contribution in [-0.2, 0) is 42.1 Å². The monoisotopic (exact) mass is 934 g/mol. The molecule has 0 saturated heterocycles. The summed E-state index contributed by atoms with van der Waals surface area (Å²) in [4.78, 5) is 10.9. The minimum atomic E-state index is -0.219. The fourth-order valence-corrected chi connectivity index (χ4v) is 4.48. The van der Waals surface area contributed by atoms with Crippen LogP contribution >= 0.6 is 0 Å². The molecule has 0 amide bonds. The van der Waals surface area contributed by atoms with Crippen LogP contribution in [0.2, 0.25) is 0 Å². The topological polar surface area (TPSA) is 27.5 Å². The zero-order valence-corrected chi connectivity index (χ0v) is 29.3. The van der Waals surface area contributed by atoms with Crippen LogP contribution in [0.3, 0.4) is 0 Å². The number of pyridine rings is 1. The van der Waals surface area contributed by atoms with Crippen LogP contribution in [0.1, 0.15) is 20.8 Å². The van der Waals surface area contributed by atoms with Crippen molar-refractivity contribution in [3.63, 3.8) is 0 Å². The first kappa shape index (κ1) is 34.7. The summed E-state index contributed by atoms with van der Waals surface area (Å²) in [6.07, 6.45) is 15.9. The summed E-state index contributed by atoms with van der Waals surface area (Å²) in [5.41, 5.74) is 6.03. The standard InChI is InChI=1S/C31H26N4.C6H4N.2Pt/c1-31(2,3)35(29-15-9-13-27(22-29)34-19-18-33(4)23-34)28-14-8-12-26(20-28)30-21-25(16-17-32-30)24-10-6-5-7-11-24;1-2-7-5-3-4-6-7;;/h5-10,13-19,23H,1-4H3;3-6H;;/q-6;-1;;+4. The minimum Gasteiger partial charge on any atom is -0.669 e. The van der Waals surface area contributed by atoms with E-state index in [0.717, 1.165) is 33.8 Å². The predicted molar refractivity (Wildman–Crippen MR) is 168 cm³/mol. The van der Waals surface area contributed by atoms with Crippen LogP contribution in [0.5, 0.6) is 0 Å². The number of hydrogen-bond acceptors (Lipinski definition) is 4. The average Bonchev–Trinajstić information content (AvgIpc) is 3.70. The molecule has 0 unspecified atom stereocenters. The van der Waals surface area contributed by atoms with Crippen molar-refractivity contribution in [2.45, 2.75) is 26.3 Å². The number of benzene rings is 3. The molecule has 0 radical (unpaired) electrons. The molecule has 5 nitrogen and oxygen atoms in total. The van der Waals surface area contributed by atoms with E-state index in [0.29, 0.717) is 5.69 Å². The van der Waals surface area contributed by atoms with Crippen LogP contribution in [0.25, 0.3) is 22.4 Å². The summed E-state index contributed by atoms with van der Waals surface area (Å²) < 4.78 is 1.54. The van der Waals surface area contributed by atoms with Crippen LogP contribution < -0.4 is 9.80 Å². The third kappa shape index (κ3) is 8.63. The number of aromatic nitrogens is 2. The molecule has 3 aromatic carbocycles. The molecule has 7 heteroatoms. The summed E-state index contributed by atoms with van der Waals surface area (Å²) in [5.74, 6) is 0.